The van der Waals surface area contributed by atoms with E-state index < -0.39 is 106 Å². The number of piperidine rings is 1. The number of benzene rings is 4. The lowest BCUT2D eigenvalue weighted by Gasteiger charge is -2.72. The molecule has 12 rings (SSSR count). The summed E-state index contributed by atoms with van der Waals surface area (Å²) in [6.45, 7) is 18.9. The number of likely N-dealkylation sites (tertiary alicyclic amines) is 2. The quantitative estimate of drug-likeness (QED) is 0.0124. The first-order chi connectivity index (χ1) is 50.9. The van der Waals surface area contributed by atoms with Gasteiger partial charge in [0.1, 0.15) is 17.0 Å². The number of hydrogen-bond donors (Lipinski definition) is 5. The first kappa shape index (κ1) is 82.0. The SMILES string of the molecule is Cc1ncsc1-c1ccc([C@H](C)NC(=O)[C@@H]2C[C@@H](O)CN2C(=O)[C@@H](NC(=O)CCCCCC(=O)N(C)C2CCN(CC[C@H](CSc3ccccc3)Nc3ccc(S(=O)(=O)NC(=O)c4ccc(N5CCN(CC6=C(C78CC(C(F)F)(C7)C8)CC(C)(C)CC6)CC5)cc4)cc3S(=O)(=O)C(F)(F)F)CC2)C(C)(C)C)cc1. The van der Waals surface area contributed by atoms with Gasteiger partial charge >= 0.3 is 5.51 Å². The molecule has 3 aliphatic heterocycles. The van der Waals surface area contributed by atoms with Gasteiger partial charge in [-0.3, -0.25) is 28.9 Å². The van der Waals surface area contributed by atoms with Gasteiger partial charge in [-0.05, 0) is 166 Å². The van der Waals surface area contributed by atoms with E-state index in [-0.39, 0.29) is 65.8 Å². The van der Waals surface area contributed by atoms with Gasteiger partial charge in [-0.15, -0.1) is 23.1 Å². The molecule has 0 unspecified atom stereocenters. The molecule has 20 nitrogen and oxygen atoms in total. The van der Waals surface area contributed by atoms with Crippen molar-refractivity contribution in [3.8, 4) is 10.4 Å². The van der Waals surface area contributed by atoms with Crippen molar-refractivity contribution >= 4 is 83.9 Å². The van der Waals surface area contributed by atoms with Crippen LogP contribution in [0.3, 0.4) is 0 Å². The third kappa shape index (κ3) is 19.1. The molecule has 5 aromatic rings. The van der Waals surface area contributed by atoms with Gasteiger partial charge in [-0.1, -0.05) is 94.7 Å². The number of halogens is 5. The van der Waals surface area contributed by atoms with Crippen LogP contribution in [0.25, 0.3) is 10.4 Å². The van der Waals surface area contributed by atoms with Crippen molar-refractivity contribution in [3.63, 3.8) is 0 Å². The molecule has 0 radical (unpaired) electrons. The average Bonchev–Trinajstić information content (AvgIpc) is 0.919. The Labute approximate surface area is 640 Å². The number of allylic oxidation sites excluding steroid dienone is 1. The lowest BCUT2D eigenvalue weighted by Crippen LogP contribution is -2.66. The summed E-state index contributed by atoms with van der Waals surface area (Å²) in [6, 6.07) is 22.6. The normalized spacial score (nSPS) is 22.4. The van der Waals surface area contributed by atoms with Gasteiger partial charge in [-0.25, -0.2) is 35.3 Å². The first-order valence-corrected chi connectivity index (χ1v) is 42.4. The van der Waals surface area contributed by atoms with Crippen LogP contribution < -0.4 is 25.6 Å². The zero-order valence-electron chi connectivity index (χ0n) is 62.9. The van der Waals surface area contributed by atoms with Crippen LogP contribution in [0.4, 0.5) is 33.3 Å². The number of thiazole rings is 1. The Kier molecular flexibility index (Phi) is 25.4. The maximum absolute atomic E-state index is 14.6. The van der Waals surface area contributed by atoms with Gasteiger partial charge in [0.05, 0.1) is 38.8 Å². The molecule has 4 aliphatic carbocycles. The molecule has 108 heavy (non-hydrogen) atoms. The Morgan fingerprint density at radius 3 is 2.12 bits per heavy atom. The highest BCUT2D eigenvalue weighted by molar-refractivity contribution is 7.99. The maximum Gasteiger partial charge on any atom is 0.501 e. The number of nitrogens with zero attached hydrogens (tertiary/aromatic N) is 6. The van der Waals surface area contributed by atoms with Crippen LogP contribution in [0, 0.1) is 28.6 Å². The third-order valence-corrected chi connectivity index (χ3v) is 27.9. The highest BCUT2D eigenvalue weighted by Crippen LogP contribution is 2.79. The first-order valence-electron chi connectivity index (χ1n) is 37.5. The van der Waals surface area contributed by atoms with E-state index in [1.807, 2.05) is 93.9 Å². The molecule has 5 amide bonds. The maximum atomic E-state index is 14.6. The molecule has 3 saturated carbocycles. The summed E-state index contributed by atoms with van der Waals surface area (Å²) in [7, 11) is -9.39. The molecule has 7 aliphatic rings. The smallest absolute Gasteiger partial charge is 0.391 e. The number of thioether (sulfide) groups is 1. The lowest BCUT2D eigenvalue weighted by molar-refractivity contribution is -0.250. The van der Waals surface area contributed by atoms with Crippen LogP contribution in [0.1, 0.15) is 166 Å². The number of sulfone groups is 1. The predicted molar refractivity (Wildman–Crippen MR) is 410 cm³/mol. The molecule has 4 heterocycles. The molecule has 29 heteroatoms. The van der Waals surface area contributed by atoms with Crippen molar-refractivity contribution in [1.29, 1.82) is 0 Å². The Hall–Kier alpha value is -7.02. The zero-order chi connectivity index (χ0) is 77.9. The number of amides is 5. The molecule has 5 N–H and O–H groups in total. The number of hydrogen-bond acceptors (Lipinski definition) is 17. The number of carbonyl (C=O) groups excluding carboxylic acids is 5. The van der Waals surface area contributed by atoms with E-state index in [2.05, 4.69) is 49.5 Å². The molecule has 1 aromatic heterocycles. The highest BCUT2D eigenvalue weighted by atomic mass is 32.2. The fraction of sp³-hybridized carbons (Fsp3) is 0.570. The fourth-order valence-corrected chi connectivity index (χ4v) is 20.3. The topological polar surface area (TPSA) is 251 Å². The summed E-state index contributed by atoms with van der Waals surface area (Å²) in [5, 5.41) is 19.7. The highest BCUT2D eigenvalue weighted by Gasteiger charge is 2.73. The molecular weight excluding hydrogens is 1470 g/mol. The number of β-amino-alcohol motifs (C(OH)–C–C–N with tert-alkyl or cyclic N) is 1. The van der Waals surface area contributed by atoms with Crippen molar-refractivity contribution in [3.05, 3.63) is 131 Å². The Morgan fingerprint density at radius 1 is 0.824 bits per heavy atom. The standard InChI is InChI=1S/C79H103F5N10O10S4/c1-51(53-19-21-54(22-20-53)69-52(2)85-50-106-69)86-72(99)65-41-60(95)45-94(65)73(100)70(75(3,4)5)88-67(96)17-13-10-14-18-68(97)90(8)58-31-35-91(36-32-58)34-30-57(46-105-61-15-11-9-12-16-61)87-64-28-27-62(42-66(64)107(101,102)79(82,83)84)108(103,104)89-71(98)55-23-25-59(26-24-55)93-39-37-92(38-40-93)44-56-29-33-76(6,7)43-63(56)77-47-78(48-77,49-77)74(80)81/h9,11-12,15-16,19-28,42,50-51,57-58,60,65,70,74,87,95H,10,13-14,17-18,29-41,43-49H2,1-8H3,(H,86,99)(H,88,96)(H,89,98)/t51-,57+,60+,65-,70+,77?,78?/m0/s1. The van der Waals surface area contributed by atoms with Crippen LogP contribution in [-0.2, 0) is 39.0 Å². The van der Waals surface area contributed by atoms with Crippen molar-refractivity contribution < 1.29 is 67.9 Å². The van der Waals surface area contributed by atoms with Crippen molar-refractivity contribution in [2.45, 2.75) is 208 Å². The number of nitrogens with one attached hydrogen (secondary N) is 4. The van der Waals surface area contributed by atoms with E-state index >= 15 is 0 Å². The van der Waals surface area contributed by atoms with Crippen LogP contribution in [0.5, 0.6) is 0 Å². The van der Waals surface area contributed by atoms with Gasteiger partial charge in [-0.2, -0.15) is 13.2 Å². The van der Waals surface area contributed by atoms with E-state index in [0.29, 0.717) is 96.6 Å². The second-order valence-corrected chi connectivity index (χ2v) is 38.1. The molecular formula is C79H103F5N10O10S4. The Morgan fingerprint density at radius 2 is 1.49 bits per heavy atom. The lowest BCUT2D eigenvalue weighted by atomic mass is 9.32. The summed E-state index contributed by atoms with van der Waals surface area (Å²) >= 11 is 2.95. The van der Waals surface area contributed by atoms with Gasteiger partial charge in [0.2, 0.25) is 30.1 Å². The van der Waals surface area contributed by atoms with Crippen LogP contribution in [0.2, 0.25) is 0 Å². The van der Waals surface area contributed by atoms with Crippen molar-refractivity contribution in [2.75, 3.05) is 81.9 Å². The minimum atomic E-state index is -6.19. The molecule has 0 spiro atoms. The molecule has 5 atom stereocenters. The monoisotopic (exact) mass is 1570 g/mol. The number of alkyl halides is 5. The second kappa shape index (κ2) is 33.5. The second-order valence-electron chi connectivity index (χ2n) is 32.5. The van der Waals surface area contributed by atoms with Gasteiger partial charge < -0.3 is 40.7 Å². The van der Waals surface area contributed by atoms with Gasteiger partial charge in [0, 0.05) is 125 Å². The third-order valence-electron chi connectivity index (χ3n) is 22.9. The number of rotatable bonds is 30. The minimum Gasteiger partial charge on any atom is -0.391 e. The molecule has 4 aromatic carbocycles. The number of aromatic nitrogens is 1. The summed E-state index contributed by atoms with van der Waals surface area (Å²) in [4.78, 5) is 82.7. The largest absolute Gasteiger partial charge is 0.501 e. The molecule has 3 saturated heterocycles. The molecule has 588 valence electrons. The fourth-order valence-electron chi connectivity index (χ4n) is 16.5. The Balaban J connectivity index is 0.638. The van der Waals surface area contributed by atoms with E-state index in [4.69, 9.17) is 0 Å². The van der Waals surface area contributed by atoms with Crippen LogP contribution in [-0.4, -0.2) is 190 Å². The van der Waals surface area contributed by atoms with Gasteiger partial charge in [0.15, 0.2) is 0 Å². The number of unbranched alkanes of at least 4 members (excludes halogenated alkanes) is 2. The molecule has 6 fully saturated rings. The number of aliphatic hydroxyl groups excluding tert-OH is 1. The van der Waals surface area contributed by atoms with Gasteiger partial charge in [0.25, 0.3) is 25.8 Å². The minimum absolute atomic E-state index is 0.0487. The van der Waals surface area contributed by atoms with Crippen LogP contribution in [0.15, 0.2) is 128 Å². The summed E-state index contributed by atoms with van der Waals surface area (Å²) < 4.78 is 128. The number of aryl methyl sites for hydroxylation is 1. The number of carbonyl (C=O) groups is 5. The molecule has 2 bridgehead atoms. The van der Waals surface area contributed by atoms with Crippen LogP contribution >= 0.6 is 23.1 Å². The van der Waals surface area contributed by atoms with E-state index in [9.17, 15) is 67.9 Å². The zero-order valence-corrected chi connectivity index (χ0v) is 66.1. The summed E-state index contributed by atoms with van der Waals surface area (Å²) in [6.07, 6.45) is 4.95. The van der Waals surface area contributed by atoms with E-state index in [1.54, 1.807) is 40.9 Å². The Bertz CT molecular complexity index is 4290. The number of sulfonamides is 1. The summed E-state index contributed by atoms with van der Waals surface area (Å²) in [5.74, 6) is -2.10. The van der Waals surface area contributed by atoms with Crippen molar-refractivity contribution in [2.24, 2.45) is 21.7 Å². The summed E-state index contributed by atoms with van der Waals surface area (Å²) in [5.41, 5.74) is 0.319. The van der Waals surface area contributed by atoms with E-state index in [1.165, 1.54) is 39.9 Å². The van der Waals surface area contributed by atoms with E-state index in [0.717, 1.165) is 83.3 Å². The number of aliphatic hydroxyl groups is 1. The number of piperazine rings is 1. The predicted octanol–water partition coefficient (Wildman–Crippen LogP) is 12.8. The van der Waals surface area contributed by atoms with Crippen molar-refractivity contribution in [1.82, 2.24) is 39.9 Å². The number of anilines is 2. The average molecular weight is 1580 g/mol.